The van der Waals surface area contributed by atoms with Gasteiger partial charge in [-0.05, 0) is 37.6 Å². The topological polar surface area (TPSA) is 42.0 Å². The molecular weight excluding hydrogens is 331 g/mol. The molecule has 0 saturated carbocycles. The monoisotopic (exact) mass is 352 g/mol. The van der Waals surface area contributed by atoms with Gasteiger partial charge in [0.25, 0.3) is 0 Å². The molecule has 0 saturated heterocycles. The summed E-state index contributed by atoms with van der Waals surface area (Å²) in [6.07, 6.45) is 2.07. The molecule has 0 radical (unpaired) electrons. The lowest BCUT2D eigenvalue weighted by Gasteiger charge is -2.12. The first kappa shape index (κ1) is 17.9. The maximum absolute atomic E-state index is 12.9. The zero-order valence-electron chi connectivity index (χ0n) is 13.3. The summed E-state index contributed by atoms with van der Waals surface area (Å²) in [5, 5.41) is 5.86. The molecule has 2 aromatic rings. The number of carbonyl (C=O) groups excluding carboxylic acids is 1. The molecule has 2 rings (SSSR count). The Labute approximate surface area is 144 Å². The van der Waals surface area contributed by atoms with Crippen LogP contribution in [0.25, 0.3) is 10.6 Å². The lowest BCUT2D eigenvalue weighted by atomic mass is 10.2. The first-order valence-electron chi connectivity index (χ1n) is 7.66. The molecule has 0 aliphatic heterocycles. The second kappa shape index (κ2) is 9.03. The lowest BCUT2D eigenvalue weighted by molar-refractivity contribution is -0.119. The molecule has 0 aliphatic carbocycles. The highest BCUT2D eigenvalue weighted by atomic mass is 32.2. The molecule has 1 aromatic carbocycles. The third kappa shape index (κ3) is 5.95. The average molecular weight is 352 g/mol. The first-order chi connectivity index (χ1) is 11.1. The smallest absolute Gasteiger partial charge is 0.230 e. The fourth-order valence-electron chi connectivity index (χ4n) is 2.17. The van der Waals surface area contributed by atoms with Gasteiger partial charge >= 0.3 is 0 Å². The van der Waals surface area contributed by atoms with Crippen LogP contribution in [0.2, 0.25) is 0 Å². The van der Waals surface area contributed by atoms with Crippen LogP contribution in [0.1, 0.15) is 32.4 Å². The number of hydrogen-bond donors (Lipinski definition) is 1. The number of rotatable bonds is 8. The van der Waals surface area contributed by atoms with Crippen molar-refractivity contribution in [2.24, 2.45) is 0 Å². The Balaban J connectivity index is 1.79. The predicted octanol–water partition coefficient (Wildman–Crippen LogP) is 4.49. The summed E-state index contributed by atoms with van der Waals surface area (Å²) in [5.74, 6) is 0.972. The van der Waals surface area contributed by atoms with Gasteiger partial charge in [-0.25, -0.2) is 9.37 Å². The van der Waals surface area contributed by atoms with Crippen molar-refractivity contribution in [2.45, 2.75) is 38.5 Å². The summed E-state index contributed by atoms with van der Waals surface area (Å²) in [6.45, 7) is 4.14. The van der Waals surface area contributed by atoms with Crippen LogP contribution in [0.5, 0.6) is 0 Å². The van der Waals surface area contributed by atoms with E-state index in [0.29, 0.717) is 11.5 Å². The number of thioether (sulfide) groups is 1. The molecule has 0 spiro atoms. The van der Waals surface area contributed by atoms with E-state index in [-0.39, 0.29) is 17.8 Å². The van der Waals surface area contributed by atoms with Crippen molar-refractivity contribution >= 4 is 29.0 Å². The summed E-state index contributed by atoms with van der Waals surface area (Å²) < 4.78 is 12.9. The zero-order valence-corrected chi connectivity index (χ0v) is 15.0. The SMILES string of the molecule is CCC[C@@H](C)NC(=O)CSCc1csc(-c2ccc(F)cc2)n1. The van der Waals surface area contributed by atoms with E-state index in [2.05, 4.69) is 17.2 Å². The molecule has 124 valence electrons. The Bertz CT molecular complexity index is 628. The van der Waals surface area contributed by atoms with Crippen LogP contribution in [0, 0.1) is 5.82 Å². The number of benzene rings is 1. The van der Waals surface area contributed by atoms with E-state index < -0.39 is 0 Å². The van der Waals surface area contributed by atoms with Crippen LogP contribution in [0.3, 0.4) is 0 Å². The highest BCUT2D eigenvalue weighted by molar-refractivity contribution is 7.99. The van der Waals surface area contributed by atoms with Crippen molar-refractivity contribution in [3.63, 3.8) is 0 Å². The molecule has 23 heavy (non-hydrogen) atoms. The van der Waals surface area contributed by atoms with E-state index in [1.165, 1.54) is 23.5 Å². The third-order valence-electron chi connectivity index (χ3n) is 3.26. The summed E-state index contributed by atoms with van der Waals surface area (Å²) in [5.41, 5.74) is 1.87. The lowest BCUT2D eigenvalue weighted by Crippen LogP contribution is -2.33. The number of thiazole rings is 1. The van der Waals surface area contributed by atoms with Crippen molar-refractivity contribution in [2.75, 3.05) is 5.75 Å². The van der Waals surface area contributed by atoms with Gasteiger partial charge in [-0.15, -0.1) is 23.1 Å². The van der Waals surface area contributed by atoms with E-state index in [0.717, 1.165) is 29.1 Å². The Morgan fingerprint density at radius 2 is 2.13 bits per heavy atom. The molecular formula is C17H21FN2OS2. The maximum atomic E-state index is 12.9. The Hall–Kier alpha value is -1.40. The number of nitrogens with one attached hydrogen (secondary N) is 1. The summed E-state index contributed by atoms with van der Waals surface area (Å²) in [6, 6.07) is 6.57. The van der Waals surface area contributed by atoms with Crippen LogP contribution >= 0.6 is 23.1 Å². The molecule has 0 fully saturated rings. The van der Waals surface area contributed by atoms with Crippen molar-refractivity contribution in [3.05, 3.63) is 41.2 Å². The highest BCUT2D eigenvalue weighted by Crippen LogP contribution is 2.25. The van der Waals surface area contributed by atoms with Crippen LogP contribution in [-0.2, 0) is 10.5 Å². The predicted molar refractivity (Wildman–Crippen MR) is 96.2 cm³/mol. The van der Waals surface area contributed by atoms with Crippen LogP contribution in [0.4, 0.5) is 4.39 Å². The number of halogens is 1. The van der Waals surface area contributed by atoms with Gasteiger partial charge < -0.3 is 5.32 Å². The molecule has 0 bridgehead atoms. The molecule has 0 unspecified atom stereocenters. The van der Waals surface area contributed by atoms with Gasteiger partial charge in [-0.3, -0.25) is 4.79 Å². The van der Waals surface area contributed by atoms with Crippen LogP contribution < -0.4 is 5.32 Å². The van der Waals surface area contributed by atoms with Crippen LogP contribution in [0.15, 0.2) is 29.6 Å². The van der Waals surface area contributed by atoms with Gasteiger partial charge in [0.1, 0.15) is 10.8 Å². The van der Waals surface area contributed by atoms with Crippen molar-refractivity contribution < 1.29 is 9.18 Å². The second-order valence-corrected chi connectivity index (χ2v) is 7.24. The minimum atomic E-state index is -0.246. The summed E-state index contributed by atoms with van der Waals surface area (Å²) in [4.78, 5) is 16.3. The minimum absolute atomic E-state index is 0.0740. The molecule has 1 amide bonds. The summed E-state index contributed by atoms with van der Waals surface area (Å²) in [7, 11) is 0. The number of nitrogens with zero attached hydrogens (tertiary/aromatic N) is 1. The van der Waals surface area contributed by atoms with Crippen LogP contribution in [-0.4, -0.2) is 22.7 Å². The summed E-state index contributed by atoms with van der Waals surface area (Å²) >= 11 is 3.09. The van der Waals surface area contributed by atoms with Gasteiger partial charge in [0.05, 0.1) is 11.4 Å². The Morgan fingerprint density at radius 3 is 2.83 bits per heavy atom. The number of amides is 1. The zero-order chi connectivity index (χ0) is 16.7. The van der Waals surface area contributed by atoms with E-state index in [9.17, 15) is 9.18 Å². The van der Waals surface area contributed by atoms with E-state index in [4.69, 9.17) is 0 Å². The quantitative estimate of drug-likeness (QED) is 0.761. The third-order valence-corrected chi connectivity index (χ3v) is 5.16. The molecule has 1 heterocycles. The minimum Gasteiger partial charge on any atom is -0.353 e. The molecule has 3 nitrogen and oxygen atoms in total. The number of carbonyl (C=O) groups is 1. The highest BCUT2D eigenvalue weighted by Gasteiger charge is 2.08. The number of hydrogen-bond acceptors (Lipinski definition) is 4. The molecule has 0 aliphatic rings. The van der Waals surface area contributed by atoms with E-state index in [1.54, 1.807) is 23.9 Å². The maximum Gasteiger partial charge on any atom is 0.230 e. The fraction of sp³-hybridized carbons (Fsp3) is 0.412. The molecule has 1 N–H and O–H groups in total. The Morgan fingerprint density at radius 1 is 1.39 bits per heavy atom. The molecule has 6 heteroatoms. The fourth-order valence-corrected chi connectivity index (χ4v) is 3.83. The standard InChI is InChI=1S/C17H21FN2OS2/c1-3-4-12(2)19-16(21)11-22-9-15-10-23-17(20-15)13-5-7-14(18)8-6-13/h5-8,10,12H,3-4,9,11H2,1-2H3,(H,19,21)/t12-/m1/s1. The van der Waals surface area contributed by atoms with Gasteiger partial charge in [-0.2, -0.15) is 0 Å². The molecule has 1 aromatic heterocycles. The average Bonchev–Trinajstić information content (AvgIpc) is 2.97. The number of aromatic nitrogens is 1. The normalized spacial score (nSPS) is 12.1. The van der Waals surface area contributed by atoms with Crippen molar-refractivity contribution in [1.29, 1.82) is 0 Å². The first-order valence-corrected chi connectivity index (χ1v) is 9.69. The molecule has 1 atom stereocenters. The largest absolute Gasteiger partial charge is 0.353 e. The van der Waals surface area contributed by atoms with Gasteiger partial charge in [0.15, 0.2) is 0 Å². The Kier molecular flexibility index (Phi) is 7.05. The van der Waals surface area contributed by atoms with Gasteiger partial charge in [0.2, 0.25) is 5.91 Å². The van der Waals surface area contributed by atoms with E-state index in [1.807, 2.05) is 12.3 Å². The second-order valence-electron chi connectivity index (χ2n) is 5.40. The van der Waals surface area contributed by atoms with Gasteiger partial charge in [0, 0.05) is 22.7 Å². The van der Waals surface area contributed by atoms with Gasteiger partial charge in [-0.1, -0.05) is 13.3 Å². The van der Waals surface area contributed by atoms with E-state index >= 15 is 0 Å². The van der Waals surface area contributed by atoms with Crippen molar-refractivity contribution in [3.8, 4) is 10.6 Å². The van der Waals surface area contributed by atoms with Crippen molar-refractivity contribution in [1.82, 2.24) is 10.3 Å².